The molecule has 0 amide bonds. The molecule has 6 heteroatoms. The predicted molar refractivity (Wildman–Crippen MR) is 101 cm³/mol. The van der Waals surface area contributed by atoms with Gasteiger partial charge < -0.3 is 5.11 Å². The van der Waals surface area contributed by atoms with Crippen molar-refractivity contribution in [3.63, 3.8) is 0 Å². The number of hydrogen-bond donors (Lipinski definition) is 1. The normalized spacial score (nSPS) is 15.9. The van der Waals surface area contributed by atoms with Crippen LogP contribution in [-0.2, 0) is 13.1 Å². The fourth-order valence-corrected chi connectivity index (χ4v) is 3.72. The average Bonchev–Trinajstić information content (AvgIpc) is 3.11. The lowest BCUT2D eigenvalue weighted by atomic mass is 9.89. The van der Waals surface area contributed by atoms with Gasteiger partial charge in [0.15, 0.2) is 0 Å². The highest BCUT2D eigenvalue weighted by molar-refractivity contribution is 5.30. The maximum Gasteiger partial charge on any atom is 0.128 e. The van der Waals surface area contributed by atoms with Crippen molar-refractivity contribution in [2.45, 2.75) is 31.8 Å². The van der Waals surface area contributed by atoms with Gasteiger partial charge in [-0.3, -0.25) is 4.90 Å². The highest BCUT2D eigenvalue weighted by Crippen LogP contribution is 2.30. The zero-order valence-corrected chi connectivity index (χ0v) is 15.1. The summed E-state index contributed by atoms with van der Waals surface area (Å²) in [4.78, 5) is 2.37. The van der Waals surface area contributed by atoms with Crippen LogP contribution >= 0.6 is 0 Å². The molecule has 2 heterocycles. The van der Waals surface area contributed by atoms with Gasteiger partial charge >= 0.3 is 0 Å². The van der Waals surface area contributed by atoms with Crippen molar-refractivity contribution in [3.05, 3.63) is 77.4 Å². The molecule has 1 aliphatic rings. The van der Waals surface area contributed by atoms with Crippen molar-refractivity contribution in [2.24, 2.45) is 0 Å². The summed E-state index contributed by atoms with van der Waals surface area (Å²) in [6.45, 7) is 3.12. The van der Waals surface area contributed by atoms with E-state index in [1.807, 2.05) is 24.4 Å². The van der Waals surface area contributed by atoms with Crippen LogP contribution < -0.4 is 0 Å². The Morgan fingerprint density at radius 3 is 2.63 bits per heavy atom. The highest BCUT2D eigenvalue weighted by atomic mass is 19.1. The zero-order chi connectivity index (χ0) is 18.6. The highest BCUT2D eigenvalue weighted by Gasteiger charge is 2.21. The lowest BCUT2D eigenvalue weighted by molar-refractivity contribution is 0.202. The molecule has 1 aromatic heterocycles. The second kappa shape index (κ2) is 7.88. The second-order valence-electron chi connectivity index (χ2n) is 7.14. The molecule has 0 atom stereocenters. The Kier molecular flexibility index (Phi) is 5.16. The Labute approximate surface area is 158 Å². The van der Waals surface area contributed by atoms with Crippen LogP contribution in [0.3, 0.4) is 0 Å². The summed E-state index contributed by atoms with van der Waals surface area (Å²) in [6, 6.07) is 14.3. The van der Waals surface area contributed by atoms with E-state index < -0.39 is 0 Å². The summed E-state index contributed by atoms with van der Waals surface area (Å²) in [5.74, 6) is 0.607. The van der Waals surface area contributed by atoms with E-state index >= 15 is 0 Å². The summed E-state index contributed by atoms with van der Waals surface area (Å²) in [5.41, 5.74) is 2.73. The van der Waals surface area contributed by atoms with Crippen molar-refractivity contribution >= 4 is 0 Å². The fourth-order valence-electron chi connectivity index (χ4n) is 3.72. The third kappa shape index (κ3) is 4.34. The molecule has 0 saturated carbocycles. The topological polar surface area (TPSA) is 54.2 Å². The number of rotatable bonds is 5. The molecule has 0 unspecified atom stereocenters. The van der Waals surface area contributed by atoms with E-state index in [4.69, 9.17) is 0 Å². The summed E-state index contributed by atoms with van der Waals surface area (Å²) >= 11 is 0. The molecule has 27 heavy (non-hydrogen) atoms. The van der Waals surface area contributed by atoms with Gasteiger partial charge in [0.25, 0.3) is 0 Å². The van der Waals surface area contributed by atoms with E-state index in [-0.39, 0.29) is 5.82 Å². The first-order valence-electron chi connectivity index (χ1n) is 9.31. The number of likely N-dealkylation sites (tertiary alicyclic amines) is 1. The number of piperidine rings is 1. The molecule has 1 N–H and O–H groups in total. The largest absolute Gasteiger partial charge is 0.508 e. The molecule has 5 nitrogen and oxygen atoms in total. The van der Waals surface area contributed by atoms with Crippen LogP contribution in [0.5, 0.6) is 5.75 Å². The molecule has 0 bridgehead atoms. The van der Waals surface area contributed by atoms with Crippen LogP contribution in [0.2, 0.25) is 0 Å². The maximum atomic E-state index is 13.8. The van der Waals surface area contributed by atoms with Crippen molar-refractivity contribution in [2.75, 3.05) is 13.1 Å². The third-order valence-corrected chi connectivity index (χ3v) is 5.19. The Morgan fingerprint density at radius 2 is 1.85 bits per heavy atom. The third-order valence-electron chi connectivity index (χ3n) is 5.19. The van der Waals surface area contributed by atoms with E-state index in [0.29, 0.717) is 23.8 Å². The fraction of sp³-hybridized carbons (Fsp3) is 0.333. The lowest BCUT2D eigenvalue weighted by Crippen LogP contribution is -2.32. The van der Waals surface area contributed by atoms with Crippen molar-refractivity contribution in [3.8, 4) is 5.75 Å². The Morgan fingerprint density at radius 1 is 1.04 bits per heavy atom. The van der Waals surface area contributed by atoms with Crippen LogP contribution in [-0.4, -0.2) is 38.1 Å². The van der Waals surface area contributed by atoms with E-state index in [9.17, 15) is 9.50 Å². The van der Waals surface area contributed by atoms with Crippen LogP contribution in [0.1, 0.15) is 35.6 Å². The van der Waals surface area contributed by atoms with Crippen molar-refractivity contribution in [1.29, 1.82) is 0 Å². The van der Waals surface area contributed by atoms with E-state index in [1.54, 1.807) is 22.9 Å². The van der Waals surface area contributed by atoms with Crippen LogP contribution in [0.25, 0.3) is 0 Å². The Hall–Kier alpha value is -2.73. The quantitative estimate of drug-likeness (QED) is 0.750. The number of halogens is 1. The van der Waals surface area contributed by atoms with Crippen LogP contribution in [0.4, 0.5) is 4.39 Å². The minimum atomic E-state index is -0.219. The molecule has 1 saturated heterocycles. The summed E-state index contributed by atoms with van der Waals surface area (Å²) < 4.78 is 15.5. The monoisotopic (exact) mass is 366 g/mol. The molecule has 0 radical (unpaired) electrons. The summed E-state index contributed by atoms with van der Waals surface area (Å²) in [7, 11) is 0. The number of phenols is 1. The molecular formula is C21H23FN4O. The Balaban J connectivity index is 1.32. The lowest BCUT2D eigenvalue weighted by Gasteiger charge is -2.31. The number of phenolic OH excluding ortho intramolecular Hbond substituents is 1. The van der Waals surface area contributed by atoms with Gasteiger partial charge in [-0.2, -0.15) is 0 Å². The van der Waals surface area contributed by atoms with E-state index in [0.717, 1.165) is 38.2 Å². The maximum absolute atomic E-state index is 13.8. The molecule has 140 valence electrons. The summed E-state index contributed by atoms with van der Waals surface area (Å²) in [5, 5.41) is 18.0. The van der Waals surface area contributed by atoms with Crippen molar-refractivity contribution in [1.82, 2.24) is 19.9 Å². The first-order chi connectivity index (χ1) is 13.2. The molecule has 3 aromatic rings. The van der Waals surface area contributed by atoms with Crippen molar-refractivity contribution < 1.29 is 9.50 Å². The standard InChI is InChI=1S/C21H23FN4O/c22-21-7-2-1-4-18(21)13-26-15-19(23-24-26)14-25-10-8-16(9-11-25)17-5-3-6-20(27)12-17/h1-7,12,15-16,27H,8-11,13-14H2. The first kappa shape index (κ1) is 17.7. The van der Waals surface area contributed by atoms with Gasteiger partial charge in [0, 0.05) is 12.1 Å². The summed E-state index contributed by atoms with van der Waals surface area (Å²) in [6.07, 6.45) is 4.02. The van der Waals surface area contributed by atoms with E-state index in [1.165, 1.54) is 11.6 Å². The van der Waals surface area contributed by atoms with Gasteiger partial charge in [-0.25, -0.2) is 9.07 Å². The molecule has 0 aliphatic carbocycles. The first-order valence-corrected chi connectivity index (χ1v) is 9.31. The van der Waals surface area contributed by atoms with Crippen LogP contribution in [0.15, 0.2) is 54.7 Å². The molecule has 1 aliphatic heterocycles. The number of nitrogens with zero attached hydrogens (tertiary/aromatic N) is 4. The number of hydrogen-bond acceptors (Lipinski definition) is 4. The number of aromatic nitrogens is 3. The van der Waals surface area contributed by atoms with Gasteiger partial charge in [0.2, 0.25) is 0 Å². The minimum Gasteiger partial charge on any atom is -0.508 e. The predicted octanol–water partition coefficient (Wildman–Crippen LogP) is 3.55. The van der Waals surface area contributed by atoms with Gasteiger partial charge in [-0.15, -0.1) is 5.10 Å². The zero-order valence-electron chi connectivity index (χ0n) is 15.1. The minimum absolute atomic E-state index is 0.219. The van der Waals surface area contributed by atoms with E-state index in [2.05, 4.69) is 21.3 Å². The van der Waals surface area contributed by atoms with Gasteiger partial charge in [0.1, 0.15) is 11.6 Å². The number of benzene rings is 2. The molecule has 4 rings (SSSR count). The van der Waals surface area contributed by atoms with Gasteiger partial charge in [-0.1, -0.05) is 35.5 Å². The second-order valence-corrected chi connectivity index (χ2v) is 7.14. The van der Waals surface area contributed by atoms with Gasteiger partial charge in [-0.05, 0) is 55.6 Å². The number of aromatic hydroxyl groups is 1. The average molecular weight is 366 g/mol. The Bertz CT molecular complexity index is 902. The van der Waals surface area contributed by atoms with Gasteiger partial charge in [0.05, 0.1) is 18.4 Å². The molecule has 0 spiro atoms. The molecule has 1 fully saturated rings. The molecule has 2 aromatic carbocycles. The smallest absolute Gasteiger partial charge is 0.128 e. The molecular weight excluding hydrogens is 343 g/mol. The SMILES string of the molecule is Oc1cccc(C2CCN(Cc3cn(Cc4ccccc4F)nn3)CC2)c1. The van der Waals surface area contributed by atoms with Crippen LogP contribution in [0, 0.1) is 5.82 Å².